The fourth-order valence-electron chi connectivity index (χ4n) is 8.71. The number of carbonyl (C=O) groups is 2. The Labute approximate surface area is 321 Å². The normalized spacial score (nSPS) is 17.1. The number of cyclic esters (lactones) is 1. The molecular formula is C49H40N2O4. The molecule has 6 aromatic carbocycles. The van der Waals surface area contributed by atoms with Crippen LogP contribution in [0.5, 0.6) is 0 Å². The second-order valence-electron chi connectivity index (χ2n) is 15.2. The quantitative estimate of drug-likeness (QED) is 0.0970. The maximum absolute atomic E-state index is 14.0. The van der Waals surface area contributed by atoms with Gasteiger partial charge < -0.3 is 19.3 Å². The standard InChI is InChI=1S/C49H40N2O4/c1-48(2)36-20-12-14-22-40(36)50(33-16-8-6-9-17-33)42-26-24-31(28-38(42)48)35(30-52)45-46(54-5)44(47(53)55-45)32-25-27-43-39(29-32)49(3,4)37-21-13-15-23-41(37)51(43)34-18-10-7-11-19-34/h6-30H,1-5H3/b45-35-. The van der Waals surface area contributed by atoms with Crippen molar-refractivity contribution in [3.63, 3.8) is 0 Å². The number of rotatable bonds is 6. The summed E-state index contributed by atoms with van der Waals surface area (Å²) < 4.78 is 12.0. The van der Waals surface area contributed by atoms with Crippen LogP contribution in [0.25, 0.3) is 11.1 Å². The Hall–Kier alpha value is -6.66. The van der Waals surface area contributed by atoms with Crippen LogP contribution in [0.1, 0.15) is 61.1 Å². The lowest BCUT2D eigenvalue weighted by molar-refractivity contribution is -0.131. The van der Waals surface area contributed by atoms with Crippen LogP contribution >= 0.6 is 0 Å². The molecule has 0 aliphatic carbocycles. The Balaban J connectivity index is 1.19. The molecule has 3 aliphatic heterocycles. The lowest BCUT2D eigenvalue weighted by atomic mass is 9.72. The van der Waals surface area contributed by atoms with Crippen LogP contribution in [0.3, 0.4) is 0 Å². The molecule has 6 nitrogen and oxygen atoms in total. The molecule has 0 fully saturated rings. The molecule has 0 saturated carbocycles. The highest BCUT2D eigenvalue weighted by molar-refractivity contribution is 6.23. The minimum Gasteiger partial charge on any atom is -0.492 e. The number of hydrogen-bond donors (Lipinski definition) is 0. The van der Waals surface area contributed by atoms with E-state index in [2.05, 4.69) is 128 Å². The van der Waals surface area contributed by atoms with Gasteiger partial charge in [-0.3, -0.25) is 4.79 Å². The number of hydrogen-bond acceptors (Lipinski definition) is 6. The van der Waals surface area contributed by atoms with Gasteiger partial charge in [0.1, 0.15) is 5.57 Å². The van der Waals surface area contributed by atoms with Crippen molar-refractivity contribution in [2.45, 2.75) is 38.5 Å². The highest BCUT2D eigenvalue weighted by atomic mass is 16.6. The molecule has 0 bridgehead atoms. The van der Waals surface area contributed by atoms with Gasteiger partial charge in [0.05, 0.1) is 35.4 Å². The molecule has 0 atom stereocenters. The van der Waals surface area contributed by atoms with Gasteiger partial charge in [-0.1, -0.05) is 113 Å². The molecule has 9 rings (SSSR count). The predicted octanol–water partition coefficient (Wildman–Crippen LogP) is 11.4. The fourth-order valence-corrected chi connectivity index (χ4v) is 8.71. The third kappa shape index (κ3) is 5.16. The van der Waals surface area contributed by atoms with Crippen molar-refractivity contribution in [2.24, 2.45) is 0 Å². The number of carbonyl (C=O) groups excluding carboxylic acids is 2. The number of para-hydroxylation sites is 4. The van der Waals surface area contributed by atoms with Crippen LogP contribution in [0.4, 0.5) is 34.1 Å². The number of benzene rings is 6. The van der Waals surface area contributed by atoms with Gasteiger partial charge in [-0.05, 0) is 94.0 Å². The van der Waals surface area contributed by atoms with E-state index in [1.807, 2.05) is 54.6 Å². The van der Waals surface area contributed by atoms with Crippen molar-refractivity contribution in [1.82, 2.24) is 0 Å². The summed E-state index contributed by atoms with van der Waals surface area (Å²) in [5, 5.41) is 0. The molecule has 0 amide bonds. The van der Waals surface area contributed by atoms with Crippen molar-refractivity contribution in [1.29, 1.82) is 0 Å². The van der Waals surface area contributed by atoms with Crippen LogP contribution in [0.2, 0.25) is 0 Å². The van der Waals surface area contributed by atoms with E-state index in [4.69, 9.17) is 9.47 Å². The minimum absolute atomic E-state index is 0.111. The first-order chi connectivity index (χ1) is 26.6. The number of anilines is 6. The van der Waals surface area contributed by atoms with E-state index in [1.165, 1.54) is 18.2 Å². The highest BCUT2D eigenvalue weighted by Gasteiger charge is 2.41. The number of allylic oxidation sites excluding steroid dienone is 1. The van der Waals surface area contributed by atoms with Crippen molar-refractivity contribution in [2.75, 3.05) is 16.9 Å². The topological polar surface area (TPSA) is 59.1 Å². The van der Waals surface area contributed by atoms with E-state index < -0.39 is 16.8 Å². The van der Waals surface area contributed by atoms with Crippen LogP contribution in [0, 0.1) is 0 Å². The zero-order chi connectivity index (χ0) is 38.1. The zero-order valence-electron chi connectivity index (χ0n) is 31.5. The zero-order valence-corrected chi connectivity index (χ0v) is 31.5. The number of nitrogens with zero attached hydrogens (tertiary/aromatic N) is 2. The molecule has 0 radical (unpaired) electrons. The summed E-state index contributed by atoms with van der Waals surface area (Å²) in [5.74, 6) is -0.226. The van der Waals surface area contributed by atoms with Crippen molar-refractivity contribution in [3.05, 3.63) is 190 Å². The molecule has 6 heteroatoms. The van der Waals surface area contributed by atoms with Crippen molar-refractivity contribution < 1.29 is 19.1 Å². The largest absolute Gasteiger partial charge is 0.492 e. The first kappa shape index (κ1) is 34.1. The average molecular weight is 721 g/mol. The van der Waals surface area contributed by atoms with Gasteiger partial charge in [0.25, 0.3) is 0 Å². The SMILES string of the molecule is COC1=C(c2ccc3c(c2)C(C)(C)c2ccccc2N3c2ccccc2)C(=O)O/C1=C(/C=O)c1ccc2c(c1)C(C)(C)c1ccccc1N2c1ccccc1. The second-order valence-corrected chi connectivity index (χ2v) is 15.2. The third-order valence-corrected chi connectivity index (χ3v) is 11.5. The van der Waals surface area contributed by atoms with E-state index in [-0.39, 0.29) is 22.7 Å². The summed E-state index contributed by atoms with van der Waals surface area (Å²) >= 11 is 0. The molecule has 0 spiro atoms. The van der Waals surface area contributed by atoms with Crippen molar-refractivity contribution in [3.8, 4) is 0 Å². The molecule has 0 saturated heterocycles. The number of aldehydes is 1. The fraction of sp³-hybridized carbons (Fsp3) is 0.143. The summed E-state index contributed by atoms with van der Waals surface area (Å²) in [5.41, 5.74) is 11.8. The summed E-state index contributed by atoms with van der Waals surface area (Å²) in [6.45, 7) is 8.82. The molecule has 0 unspecified atom stereocenters. The highest BCUT2D eigenvalue weighted by Crippen LogP contribution is 2.54. The summed E-state index contributed by atoms with van der Waals surface area (Å²) in [7, 11) is 1.51. The first-order valence-electron chi connectivity index (χ1n) is 18.5. The van der Waals surface area contributed by atoms with Crippen LogP contribution in [-0.4, -0.2) is 19.4 Å². The minimum atomic E-state index is -0.567. The maximum atomic E-state index is 14.0. The molecule has 0 N–H and O–H groups in total. The Morgan fingerprint density at radius 3 is 1.58 bits per heavy atom. The van der Waals surface area contributed by atoms with E-state index in [0.29, 0.717) is 11.1 Å². The smallest absolute Gasteiger partial charge is 0.348 e. The number of ether oxygens (including phenoxy) is 2. The first-order valence-corrected chi connectivity index (χ1v) is 18.5. The van der Waals surface area contributed by atoms with E-state index >= 15 is 0 Å². The molecule has 6 aromatic rings. The Morgan fingerprint density at radius 1 is 0.582 bits per heavy atom. The van der Waals surface area contributed by atoms with Crippen molar-refractivity contribution >= 4 is 57.5 Å². The van der Waals surface area contributed by atoms with Gasteiger partial charge >= 0.3 is 5.97 Å². The van der Waals surface area contributed by atoms with Gasteiger partial charge in [-0.2, -0.15) is 0 Å². The van der Waals surface area contributed by atoms with Crippen LogP contribution < -0.4 is 9.80 Å². The number of fused-ring (bicyclic) bond motifs is 4. The molecular weight excluding hydrogens is 681 g/mol. The summed E-state index contributed by atoms with van der Waals surface area (Å²) in [6.07, 6.45) is 0.760. The monoisotopic (exact) mass is 720 g/mol. The van der Waals surface area contributed by atoms with Gasteiger partial charge in [0.2, 0.25) is 0 Å². The van der Waals surface area contributed by atoms with Gasteiger partial charge in [0, 0.05) is 22.2 Å². The summed E-state index contributed by atoms with van der Waals surface area (Å²) in [4.78, 5) is 31.6. The maximum Gasteiger partial charge on any atom is 0.348 e. The second kappa shape index (κ2) is 12.7. The van der Waals surface area contributed by atoms with Gasteiger partial charge in [-0.25, -0.2) is 4.79 Å². The average Bonchev–Trinajstić information content (AvgIpc) is 3.54. The van der Waals surface area contributed by atoms with Gasteiger partial charge in [-0.15, -0.1) is 0 Å². The van der Waals surface area contributed by atoms with Crippen LogP contribution in [-0.2, 0) is 29.9 Å². The molecule has 0 aromatic heterocycles. The van der Waals surface area contributed by atoms with E-state index in [9.17, 15) is 9.59 Å². The third-order valence-electron chi connectivity index (χ3n) is 11.5. The predicted molar refractivity (Wildman–Crippen MR) is 220 cm³/mol. The molecule has 3 aliphatic rings. The van der Waals surface area contributed by atoms with Crippen LogP contribution in [0.15, 0.2) is 157 Å². The number of methoxy groups -OCH3 is 1. The Bertz CT molecular complexity index is 2600. The number of esters is 1. The van der Waals surface area contributed by atoms with E-state index in [1.54, 1.807) is 0 Å². The van der Waals surface area contributed by atoms with E-state index in [0.717, 1.165) is 51.5 Å². The molecule has 55 heavy (non-hydrogen) atoms. The lowest BCUT2D eigenvalue weighted by Gasteiger charge is -2.42. The Kier molecular flexibility index (Phi) is 7.90. The molecule has 3 heterocycles. The lowest BCUT2D eigenvalue weighted by Crippen LogP contribution is -2.30. The molecule has 270 valence electrons. The Morgan fingerprint density at radius 2 is 1.05 bits per heavy atom. The van der Waals surface area contributed by atoms with Gasteiger partial charge in [0.15, 0.2) is 17.8 Å². The summed E-state index contributed by atoms with van der Waals surface area (Å²) in [6, 6.07) is 49.5.